The molecule has 268 valence electrons. The molecular weight excluding hydrogens is 648 g/mol. The third kappa shape index (κ3) is 10.4. The number of rotatable bonds is 6. The van der Waals surface area contributed by atoms with Gasteiger partial charge in [-0.3, -0.25) is 20.2 Å². The fourth-order valence-electron chi connectivity index (χ4n) is 6.34. The molecule has 1 N–H and O–H groups in total. The Labute approximate surface area is 290 Å². The molecule has 2 fully saturated rings. The molecule has 0 spiro atoms. The molecule has 3 aromatic carbocycles. The van der Waals surface area contributed by atoms with Crippen LogP contribution in [-0.2, 0) is 23.7 Å². The van der Waals surface area contributed by atoms with Gasteiger partial charge in [-0.1, -0.05) is 60.7 Å². The minimum Gasteiger partial charge on any atom is -0.392 e. The van der Waals surface area contributed by atoms with Crippen LogP contribution in [0.3, 0.4) is 0 Å². The third-order valence-corrected chi connectivity index (χ3v) is 8.88. The summed E-state index contributed by atoms with van der Waals surface area (Å²) in [6.07, 6.45) is -1.25. The zero-order valence-corrected chi connectivity index (χ0v) is 28.2. The fraction of sp³-hybridized carbons (Fsp3) is 0.500. The molecule has 0 radical (unpaired) electrons. The second kappa shape index (κ2) is 18.2. The number of benzene rings is 3. The molecule has 5 rings (SSSR count). The van der Waals surface area contributed by atoms with E-state index in [9.17, 15) is 25.3 Å². The molecule has 14 heteroatoms. The quantitative estimate of drug-likeness (QED) is 0.166. The fourth-order valence-corrected chi connectivity index (χ4v) is 6.34. The second-order valence-electron chi connectivity index (χ2n) is 12.8. The van der Waals surface area contributed by atoms with Crippen LogP contribution in [0.25, 0.3) is 0 Å². The highest BCUT2D eigenvalue weighted by Crippen LogP contribution is 2.37. The van der Waals surface area contributed by atoms with Gasteiger partial charge in [0.1, 0.15) is 12.2 Å². The number of azo groups is 1. The van der Waals surface area contributed by atoms with Crippen LogP contribution in [-0.4, -0.2) is 78.9 Å². The van der Waals surface area contributed by atoms with Crippen molar-refractivity contribution in [1.29, 1.82) is 0 Å². The van der Waals surface area contributed by atoms with E-state index in [0.29, 0.717) is 26.1 Å². The van der Waals surface area contributed by atoms with Gasteiger partial charge in [-0.15, -0.1) is 5.11 Å². The Kier molecular flexibility index (Phi) is 13.5. The molecule has 1 heterocycles. The number of nitrogens with zero attached hydrogens (tertiary/aromatic N) is 4. The van der Waals surface area contributed by atoms with Crippen LogP contribution in [0, 0.1) is 32.1 Å². The smallest absolute Gasteiger partial charge is 0.303 e. The third-order valence-electron chi connectivity index (χ3n) is 8.88. The van der Waals surface area contributed by atoms with E-state index in [4.69, 9.17) is 23.7 Å². The molecule has 3 aromatic rings. The Bertz CT molecular complexity index is 1490. The maximum absolute atomic E-state index is 11.7. The number of non-ortho nitro benzene ring substituents is 1. The average Bonchev–Trinajstić information content (AvgIpc) is 3.11. The van der Waals surface area contributed by atoms with E-state index in [-0.39, 0.29) is 56.2 Å². The zero-order valence-electron chi connectivity index (χ0n) is 28.2. The molecule has 1 aliphatic heterocycles. The average molecular weight is 693 g/mol. The summed E-state index contributed by atoms with van der Waals surface area (Å²) in [6.45, 7) is 5.48. The van der Waals surface area contributed by atoms with Gasteiger partial charge < -0.3 is 28.8 Å². The lowest BCUT2D eigenvalue weighted by Gasteiger charge is -2.38. The van der Waals surface area contributed by atoms with E-state index in [2.05, 4.69) is 10.2 Å². The number of hydrogen-bond donors (Lipinski definition) is 1. The Morgan fingerprint density at radius 2 is 1.22 bits per heavy atom. The summed E-state index contributed by atoms with van der Waals surface area (Å²) in [5.74, 6) is -0.763. The van der Waals surface area contributed by atoms with Crippen molar-refractivity contribution in [3.05, 3.63) is 110 Å². The van der Waals surface area contributed by atoms with Crippen LogP contribution < -0.4 is 0 Å². The van der Waals surface area contributed by atoms with Gasteiger partial charge in [-0.25, -0.2) is 0 Å². The van der Waals surface area contributed by atoms with Crippen molar-refractivity contribution in [2.75, 3.05) is 39.6 Å². The van der Waals surface area contributed by atoms with Crippen LogP contribution >= 0.6 is 0 Å². The minimum absolute atomic E-state index is 0.0937. The van der Waals surface area contributed by atoms with Crippen molar-refractivity contribution in [2.24, 2.45) is 22.1 Å². The van der Waals surface area contributed by atoms with Crippen molar-refractivity contribution in [2.45, 2.75) is 63.3 Å². The number of aliphatic hydroxyl groups is 1. The Balaban J connectivity index is 1.41. The molecule has 0 amide bonds. The molecule has 14 nitrogen and oxygen atoms in total. The summed E-state index contributed by atoms with van der Waals surface area (Å²) in [6, 6.07) is 22.2. The number of nitro groups is 2. The summed E-state index contributed by atoms with van der Waals surface area (Å²) in [4.78, 5) is 21.5. The lowest BCUT2D eigenvalue weighted by molar-refractivity contribution is -0.393. The van der Waals surface area contributed by atoms with Crippen molar-refractivity contribution >= 4 is 17.1 Å². The predicted octanol–water partition coefficient (Wildman–Crippen LogP) is 6.70. The molecular formula is C36H44N4O10. The highest BCUT2D eigenvalue weighted by atomic mass is 16.6. The summed E-state index contributed by atoms with van der Waals surface area (Å²) in [5.41, 5.74) is 0.827. The van der Waals surface area contributed by atoms with Crippen LogP contribution in [0.15, 0.2) is 89.1 Å². The van der Waals surface area contributed by atoms with Gasteiger partial charge in [0.2, 0.25) is 0 Å². The van der Waals surface area contributed by atoms with Crippen molar-refractivity contribution < 1.29 is 38.6 Å². The molecule has 2 bridgehead atoms. The Morgan fingerprint density at radius 3 is 1.70 bits per heavy atom. The predicted molar refractivity (Wildman–Crippen MR) is 182 cm³/mol. The lowest BCUT2D eigenvalue weighted by atomic mass is 9.77. The van der Waals surface area contributed by atoms with Crippen molar-refractivity contribution in [1.82, 2.24) is 0 Å². The summed E-state index contributed by atoms with van der Waals surface area (Å²) in [5, 5.41) is 43.3. The molecule has 50 heavy (non-hydrogen) atoms. The normalized spacial score (nSPS) is 29.1. The van der Waals surface area contributed by atoms with Crippen LogP contribution in [0.1, 0.15) is 50.0 Å². The Hall–Kier alpha value is -4.18. The maximum atomic E-state index is 11.7. The van der Waals surface area contributed by atoms with Gasteiger partial charge >= 0.3 is 5.69 Å². The van der Waals surface area contributed by atoms with E-state index < -0.39 is 45.6 Å². The molecule has 6 atom stereocenters. The van der Waals surface area contributed by atoms with Crippen molar-refractivity contribution in [3.8, 4) is 0 Å². The molecule has 2 unspecified atom stereocenters. The van der Waals surface area contributed by atoms with Crippen LogP contribution in [0.4, 0.5) is 17.1 Å². The highest BCUT2D eigenvalue weighted by molar-refractivity contribution is 5.61. The van der Waals surface area contributed by atoms with Gasteiger partial charge in [-0.2, -0.15) is 5.11 Å². The summed E-state index contributed by atoms with van der Waals surface area (Å²) in [7, 11) is 0. The van der Waals surface area contributed by atoms with Crippen LogP contribution in [0.2, 0.25) is 0 Å². The van der Waals surface area contributed by atoms with Gasteiger partial charge in [0.05, 0.1) is 79.9 Å². The van der Waals surface area contributed by atoms with Crippen LogP contribution in [0.5, 0.6) is 0 Å². The second-order valence-corrected chi connectivity index (χ2v) is 12.8. The Morgan fingerprint density at radius 1 is 0.700 bits per heavy atom. The van der Waals surface area contributed by atoms with E-state index in [1.165, 1.54) is 6.07 Å². The molecule has 2 aliphatic rings. The van der Waals surface area contributed by atoms with Gasteiger partial charge in [0, 0.05) is 17.9 Å². The number of ether oxygens (including phenoxy) is 5. The van der Waals surface area contributed by atoms with E-state index in [0.717, 1.165) is 23.3 Å². The molecule has 1 saturated carbocycles. The zero-order chi connectivity index (χ0) is 35.5. The largest absolute Gasteiger partial charge is 0.392 e. The first kappa shape index (κ1) is 37.1. The van der Waals surface area contributed by atoms with E-state index >= 15 is 0 Å². The maximum Gasteiger partial charge on any atom is 0.303 e. The monoisotopic (exact) mass is 692 g/mol. The van der Waals surface area contributed by atoms with Gasteiger partial charge in [0.25, 0.3) is 5.69 Å². The van der Waals surface area contributed by atoms with Crippen molar-refractivity contribution in [3.63, 3.8) is 0 Å². The number of hydrogen-bond acceptors (Lipinski definition) is 12. The standard InChI is InChI=1S/C36H44N4O10/c1-24-18-46-22-34(26-9-5-3-6-10-26)48-20-28-15-30(37-38-32-14-13-31(39(42)43)17-33(32)40(44)45)16-29(36(28)41)21-49-35(23-47-19-25(2)50-24)27-11-7-4-8-12-27/h3-14,17,24-25,28-30,34-36,41H,15-16,18-23H2,1-2H3/t24-,25-,28?,29?,30?,34+,35+,36?/m0/s1. The number of nitro benzene ring substituents is 2. The lowest BCUT2D eigenvalue weighted by Crippen LogP contribution is -2.43. The number of fused-ring (bicyclic) bond motifs is 2. The van der Waals surface area contributed by atoms with E-state index in [1.54, 1.807) is 0 Å². The molecule has 1 aliphatic carbocycles. The minimum atomic E-state index is -0.808. The topological polar surface area (TPSA) is 177 Å². The summed E-state index contributed by atoms with van der Waals surface area (Å²) < 4.78 is 31.2. The van der Waals surface area contributed by atoms with E-state index in [1.807, 2.05) is 74.5 Å². The SMILES string of the molecule is C[C@H]1COC[C@H](c2ccccc2)OCC2CC(N=Nc3ccc([N+](=O)[O-])cc3[N+](=O)[O-])CC(CO[C@@H](c3ccccc3)COC[C@H](C)O1)C2O. The molecule has 1 saturated heterocycles. The van der Waals surface area contributed by atoms with Gasteiger partial charge in [0.15, 0.2) is 5.69 Å². The van der Waals surface area contributed by atoms with Gasteiger partial charge in [-0.05, 0) is 43.9 Å². The highest BCUT2D eigenvalue weighted by Gasteiger charge is 2.38. The first-order chi connectivity index (χ1) is 24.2. The first-order valence-electron chi connectivity index (χ1n) is 16.8. The molecule has 0 aromatic heterocycles. The number of aliphatic hydroxyl groups excluding tert-OH is 1. The summed E-state index contributed by atoms with van der Waals surface area (Å²) >= 11 is 0. The first-order valence-corrected chi connectivity index (χ1v) is 16.8.